The number of thiophene rings is 1. The summed E-state index contributed by atoms with van der Waals surface area (Å²) < 4.78 is 1.83. The first-order valence-electron chi connectivity index (χ1n) is 10.4. The lowest BCUT2D eigenvalue weighted by Gasteiger charge is -2.25. The summed E-state index contributed by atoms with van der Waals surface area (Å²) in [6, 6.07) is 8.46. The zero-order valence-electron chi connectivity index (χ0n) is 16.9. The fourth-order valence-electron chi connectivity index (χ4n) is 4.85. The van der Waals surface area contributed by atoms with E-state index in [4.69, 9.17) is 4.98 Å². The van der Waals surface area contributed by atoms with E-state index in [0.717, 1.165) is 56.5 Å². The van der Waals surface area contributed by atoms with E-state index in [1.54, 1.807) is 0 Å². The van der Waals surface area contributed by atoms with E-state index in [2.05, 4.69) is 18.2 Å². The molecule has 0 bridgehead atoms. The Bertz CT molecular complexity index is 1180. The van der Waals surface area contributed by atoms with Crippen LogP contribution in [0.4, 0.5) is 0 Å². The van der Waals surface area contributed by atoms with E-state index in [9.17, 15) is 9.59 Å². The summed E-state index contributed by atoms with van der Waals surface area (Å²) in [5.41, 5.74) is 3.37. The number of hydrogen-bond donors (Lipinski definition) is 0. The summed E-state index contributed by atoms with van der Waals surface area (Å²) in [4.78, 5) is 34.6. The molecule has 2 aliphatic rings. The lowest BCUT2D eigenvalue weighted by atomic mass is 10.1. The molecule has 1 aromatic carbocycles. The molecule has 5 rings (SSSR count). The number of fused-ring (bicyclic) bond motifs is 3. The van der Waals surface area contributed by atoms with Gasteiger partial charge in [0.25, 0.3) is 11.5 Å². The number of benzene rings is 1. The molecule has 0 saturated heterocycles. The Kier molecular flexibility index (Phi) is 4.54. The minimum atomic E-state index is -0.00760. The summed E-state index contributed by atoms with van der Waals surface area (Å²) in [5, 5.41) is 0.629. The Morgan fingerprint density at radius 3 is 2.90 bits per heavy atom. The van der Waals surface area contributed by atoms with Crippen molar-refractivity contribution in [2.24, 2.45) is 0 Å². The summed E-state index contributed by atoms with van der Waals surface area (Å²) in [7, 11) is 1.88. The van der Waals surface area contributed by atoms with Gasteiger partial charge in [-0.2, -0.15) is 0 Å². The molecule has 1 amide bonds. The number of aryl methyl sites for hydroxylation is 3. The second-order valence-electron chi connectivity index (χ2n) is 8.20. The van der Waals surface area contributed by atoms with Crippen molar-refractivity contribution in [2.75, 3.05) is 7.05 Å². The van der Waals surface area contributed by atoms with Crippen molar-refractivity contribution < 1.29 is 4.79 Å². The number of amides is 1. The molecule has 0 radical (unpaired) electrons. The molecule has 1 unspecified atom stereocenters. The molecule has 3 heterocycles. The van der Waals surface area contributed by atoms with Gasteiger partial charge < -0.3 is 4.90 Å². The predicted molar refractivity (Wildman–Crippen MR) is 116 cm³/mol. The third-order valence-corrected chi connectivity index (χ3v) is 7.67. The number of nitrogens with zero attached hydrogens (tertiary/aromatic N) is 3. The van der Waals surface area contributed by atoms with Crippen LogP contribution < -0.4 is 5.56 Å². The topological polar surface area (TPSA) is 55.2 Å². The standard InChI is InChI=1S/C23H25N3O2S/c1-14-19-21(24-18-10-4-3-7-13-26(18)22(19)27)29-20(14)23(28)25(2)17-12-11-15-8-5-6-9-16(15)17/h5-6,8-9,17H,3-4,7,10-13H2,1-2H3. The van der Waals surface area contributed by atoms with Gasteiger partial charge in [-0.25, -0.2) is 4.98 Å². The largest absolute Gasteiger partial charge is 0.334 e. The molecule has 0 spiro atoms. The van der Waals surface area contributed by atoms with E-state index in [0.29, 0.717) is 15.1 Å². The predicted octanol–water partition coefficient (Wildman–Crippen LogP) is 4.25. The van der Waals surface area contributed by atoms with Crippen molar-refractivity contribution >= 4 is 27.5 Å². The Hall–Kier alpha value is -2.47. The first-order valence-corrected chi connectivity index (χ1v) is 11.3. The third-order valence-electron chi connectivity index (χ3n) is 6.49. The average molecular weight is 408 g/mol. The monoisotopic (exact) mass is 407 g/mol. The molecule has 6 heteroatoms. The van der Waals surface area contributed by atoms with Gasteiger partial charge in [-0.15, -0.1) is 11.3 Å². The number of aromatic nitrogens is 2. The lowest BCUT2D eigenvalue weighted by Crippen LogP contribution is -2.30. The van der Waals surface area contributed by atoms with Crippen LogP contribution in [0.5, 0.6) is 0 Å². The van der Waals surface area contributed by atoms with Crippen LogP contribution in [0, 0.1) is 6.92 Å². The maximum absolute atomic E-state index is 13.4. The van der Waals surface area contributed by atoms with Gasteiger partial charge in [0.05, 0.1) is 16.3 Å². The van der Waals surface area contributed by atoms with Crippen LogP contribution in [0.15, 0.2) is 29.1 Å². The Morgan fingerprint density at radius 1 is 1.21 bits per heavy atom. The van der Waals surface area contributed by atoms with Gasteiger partial charge in [-0.1, -0.05) is 30.7 Å². The highest BCUT2D eigenvalue weighted by Crippen LogP contribution is 2.37. The van der Waals surface area contributed by atoms with E-state index < -0.39 is 0 Å². The van der Waals surface area contributed by atoms with Crippen LogP contribution in [0.25, 0.3) is 10.2 Å². The van der Waals surface area contributed by atoms with Crippen LogP contribution in [-0.4, -0.2) is 27.4 Å². The SMILES string of the molecule is Cc1c(C(=O)N(C)C2CCc3ccccc32)sc2nc3n(c(=O)c12)CCCCC3. The van der Waals surface area contributed by atoms with Crippen LogP contribution in [-0.2, 0) is 19.4 Å². The number of rotatable bonds is 2. The summed E-state index contributed by atoms with van der Waals surface area (Å²) >= 11 is 1.38. The fraction of sp³-hybridized carbons (Fsp3) is 0.435. The molecular formula is C23H25N3O2S. The van der Waals surface area contributed by atoms with E-state index in [-0.39, 0.29) is 17.5 Å². The smallest absolute Gasteiger partial charge is 0.264 e. The van der Waals surface area contributed by atoms with E-state index in [1.165, 1.54) is 22.5 Å². The van der Waals surface area contributed by atoms with Crippen molar-refractivity contribution in [3.8, 4) is 0 Å². The summed E-state index contributed by atoms with van der Waals surface area (Å²) in [5.74, 6) is 0.866. The van der Waals surface area contributed by atoms with Crippen molar-refractivity contribution in [3.05, 3.63) is 62.0 Å². The second-order valence-corrected chi connectivity index (χ2v) is 9.20. The lowest BCUT2D eigenvalue weighted by molar-refractivity contribution is 0.0735. The van der Waals surface area contributed by atoms with Crippen LogP contribution in [0.1, 0.15) is 63.9 Å². The molecule has 150 valence electrons. The zero-order valence-corrected chi connectivity index (χ0v) is 17.7. The van der Waals surface area contributed by atoms with Crippen molar-refractivity contribution in [2.45, 2.75) is 58.0 Å². The molecule has 1 atom stereocenters. The van der Waals surface area contributed by atoms with Gasteiger partial charge in [0.15, 0.2) is 0 Å². The van der Waals surface area contributed by atoms with Gasteiger partial charge in [0.2, 0.25) is 0 Å². The van der Waals surface area contributed by atoms with E-state index in [1.807, 2.05) is 29.5 Å². The quantitative estimate of drug-likeness (QED) is 0.638. The molecule has 0 N–H and O–H groups in total. The Morgan fingerprint density at radius 2 is 2.03 bits per heavy atom. The van der Waals surface area contributed by atoms with Gasteiger partial charge in [0, 0.05) is 20.0 Å². The Labute approximate surface area is 174 Å². The molecule has 5 nitrogen and oxygen atoms in total. The fourth-order valence-corrected chi connectivity index (χ4v) is 6.03. The molecule has 1 aliphatic heterocycles. The van der Waals surface area contributed by atoms with E-state index >= 15 is 0 Å². The normalized spacial score (nSPS) is 18.3. The third kappa shape index (κ3) is 2.92. The summed E-state index contributed by atoms with van der Waals surface area (Å²) in [6.45, 7) is 2.63. The van der Waals surface area contributed by atoms with Gasteiger partial charge in [-0.3, -0.25) is 14.2 Å². The zero-order chi connectivity index (χ0) is 20.1. The number of carbonyl (C=O) groups is 1. The van der Waals surface area contributed by atoms with Crippen LogP contribution in [0.3, 0.4) is 0 Å². The molecule has 29 heavy (non-hydrogen) atoms. The Balaban J connectivity index is 1.55. The molecule has 2 aromatic heterocycles. The minimum absolute atomic E-state index is 0.00760. The first-order chi connectivity index (χ1) is 14.1. The first kappa shape index (κ1) is 18.6. The van der Waals surface area contributed by atoms with Crippen molar-refractivity contribution in [1.82, 2.24) is 14.5 Å². The minimum Gasteiger partial charge on any atom is -0.334 e. The molecule has 0 fully saturated rings. The molecule has 3 aromatic rings. The van der Waals surface area contributed by atoms with Gasteiger partial charge in [0.1, 0.15) is 10.7 Å². The highest BCUT2D eigenvalue weighted by molar-refractivity contribution is 7.20. The molecular weight excluding hydrogens is 382 g/mol. The van der Waals surface area contributed by atoms with Crippen molar-refractivity contribution in [3.63, 3.8) is 0 Å². The summed E-state index contributed by atoms with van der Waals surface area (Å²) in [6.07, 6.45) is 5.99. The van der Waals surface area contributed by atoms with Crippen molar-refractivity contribution in [1.29, 1.82) is 0 Å². The number of carbonyl (C=O) groups excluding carboxylic acids is 1. The van der Waals surface area contributed by atoms with Crippen LogP contribution in [0.2, 0.25) is 0 Å². The maximum Gasteiger partial charge on any atom is 0.264 e. The van der Waals surface area contributed by atoms with Crippen LogP contribution >= 0.6 is 11.3 Å². The van der Waals surface area contributed by atoms with Gasteiger partial charge in [-0.05, 0) is 49.3 Å². The molecule has 0 saturated carbocycles. The number of hydrogen-bond acceptors (Lipinski definition) is 4. The maximum atomic E-state index is 13.4. The average Bonchev–Trinajstić information content (AvgIpc) is 3.20. The second kappa shape index (κ2) is 7.10. The van der Waals surface area contributed by atoms with Gasteiger partial charge >= 0.3 is 0 Å². The highest BCUT2D eigenvalue weighted by atomic mass is 32.1. The molecule has 1 aliphatic carbocycles. The highest BCUT2D eigenvalue weighted by Gasteiger charge is 2.31.